The Hall–Kier alpha value is -2.12. The fourth-order valence-electron chi connectivity index (χ4n) is 2.89. The molecule has 1 heterocycles. The van der Waals surface area contributed by atoms with E-state index >= 15 is 0 Å². The van der Waals surface area contributed by atoms with E-state index in [4.69, 9.17) is 9.47 Å². The molecule has 0 saturated heterocycles. The van der Waals surface area contributed by atoms with Gasteiger partial charge in [0.15, 0.2) is 5.96 Å². The summed E-state index contributed by atoms with van der Waals surface area (Å²) in [6.07, 6.45) is 2.89. The van der Waals surface area contributed by atoms with Crippen molar-refractivity contribution in [2.45, 2.75) is 19.3 Å². The Kier molecular flexibility index (Phi) is 8.92. The van der Waals surface area contributed by atoms with Crippen LogP contribution in [0.3, 0.4) is 0 Å². The van der Waals surface area contributed by atoms with Crippen LogP contribution in [0.1, 0.15) is 18.4 Å². The van der Waals surface area contributed by atoms with Crippen molar-refractivity contribution in [3.05, 3.63) is 29.8 Å². The lowest BCUT2D eigenvalue weighted by molar-refractivity contribution is -0.117. The molecule has 0 radical (unpaired) electrons. The molecule has 26 heavy (non-hydrogen) atoms. The number of aryl methyl sites for hydroxylation is 1. The number of carbonyl (C=O) groups is 1. The van der Waals surface area contributed by atoms with Gasteiger partial charge in [-0.05, 0) is 30.9 Å². The van der Waals surface area contributed by atoms with Gasteiger partial charge in [-0.2, -0.15) is 0 Å². The van der Waals surface area contributed by atoms with Crippen LogP contribution in [0, 0.1) is 0 Å². The minimum Gasteiger partial charge on any atom is -0.382 e. The first-order valence-corrected chi connectivity index (χ1v) is 9.15. The lowest BCUT2D eigenvalue weighted by Crippen LogP contribution is -2.46. The van der Waals surface area contributed by atoms with E-state index in [-0.39, 0.29) is 12.5 Å². The molecule has 1 aliphatic heterocycles. The molecule has 144 valence electrons. The standard InChI is InChI=1S/C19H30N4O3/c1-20-19(21-10-6-12-26-14-13-25-2)22-15-18(24)23-11-5-8-16-7-3-4-9-17(16)23/h3-4,7,9H,5-6,8,10-15H2,1-2H3,(H2,20,21,22). The van der Waals surface area contributed by atoms with Gasteiger partial charge in [0.1, 0.15) is 0 Å². The van der Waals surface area contributed by atoms with Crippen molar-refractivity contribution in [3.8, 4) is 0 Å². The van der Waals surface area contributed by atoms with E-state index in [1.165, 1.54) is 5.56 Å². The van der Waals surface area contributed by atoms with Crippen molar-refractivity contribution < 1.29 is 14.3 Å². The highest BCUT2D eigenvalue weighted by molar-refractivity contribution is 5.98. The molecule has 2 rings (SSSR count). The number of hydrogen-bond donors (Lipinski definition) is 2. The van der Waals surface area contributed by atoms with Gasteiger partial charge in [0.05, 0.1) is 19.8 Å². The predicted molar refractivity (Wildman–Crippen MR) is 104 cm³/mol. The topological polar surface area (TPSA) is 75.2 Å². The lowest BCUT2D eigenvalue weighted by Gasteiger charge is -2.29. The molecule has 0 fully saturated rings. The number of para-hydroxylation sites is 1. The van der Waals surface area contributed by atoms with Crippen molar-refractivity contribution >= 4 is 17.6 Å². The summed E-state index contributed by atoms with van der Waals surface area (Å²) < 4.78 is 10.3. The normalized spacial score (nSPS) is 14.1. The molecule has 0 aliphatic carbocycles. The van der Waals surface area contributed by atoms with Crippen molar-refractivity contribution in [1.82, 2.24) is 10.6 Å². The van der Waals surface area contributed by atoms with Crippen molar-refractivity contribution in [2.75, 3.05) is 58.5 Å². The van der Waals surface area contributed by atoms with Crippen LogP contribution in [0.5, 0.6) is 0 Å². The Morgan fingerprint density at radius 3 is 2.88 bits per heavy atom. The number of fused-ring (bicyclic) bond motifs is 1. The zero-order valence-corrected chi connectivity index (χ0v) is 15.8. The second-order valence-electron chi connectivity index (χ2n) is 6.09. The number of hydrogen-bond acceptors (Lipinski definition) is 4. The van der Waals surface area contributed by atoms with Crippen molar-refractivity contribution in [3.63, 3.8) is 0 Å². The molecule has 0 saturated carbocycles. The molecule has 0 spiro atoms. The third-order valence-electron chi connectivity index (χ3n) is 4.23. The molecular weight excluding hydrogens is 332 g/mol. The number of methoxy groups -OCH3 is 1. The summed E-state index contributed by atoms with van der Waals surface area (Å²) >= 11 is 0. The number of guanidine groups is 1. The average Bonchev–Trinajstić information content (AvgIpc) is 2.68. The SMILES string of the molecule is CN=C(NCCCOCCOC)NCC(=O)N1CCCc2ccccc21. The second-order valence-corrected chi connectivity index (χ2v) is 6.09. The monoisotopic (exact) mass is 362 g/mol. The van der Waals surface area contributed by atoms with E-state index in [0.29, 0.717) is 25.8 Å². The first-order chi connectivity index (χ1) is 12.8. The van der Waals surface area contributed by atoms with Crippen LogP contribution in [0.25, 0.3) is 0 Å². The van der Waals surface area contributed by atoms with E-state index in [2.05, 4.69) is 21.7 Å². The number of nitrogens with one attached hydrogen (secondary N) is 2. The van der Waals surface area contributed by atoms with Gasteiger partial charge in [-0.25, -0.2) is 0 Å². The maximum atomic E-state index is 12.6. The number of anilines is 1. The Morgan fingerprint density at radius 2 is 2.08 bits per heavy atom. The number of benzene rings is 1. The number of nitrogens with zero attached hydrogens (tertiary/aromatic N) is 2. The van der Waals surface area contributed by atoms with Gasteiger partial charge in [-0.1, -0.05) is 18.2 Å². The van der Waals surface area contributed by atoms with Crippen LogP contribution >= 0.6 is 0 Å². The minimum atomic E-state index is 0.0583. The first kappa shape index (κ1) is 20.2. The highest BCUT2D eigenvalue weighted by atomic mass is 16.5. The largest absolute Gasteiger partial charge is 0.382 e. The molecule has 2 N–H and O–H groups in total. The third-order valence-corrected chi connectivity index (χ3v) is 4.23. The molecule has 1 aromatic rings. The molecule has 0 unspecified atom stereocenters. The number of carbonyl (C=O) groups excluding carboxylic acids is 1. The van der Waals surface area contributed by atoms with E-state index < -0.39 is 0 Å². The van der Waals surface area contributed by atoms with Gasteiger partial charge in [-0.3, -0.25) is 9.79 Å². The molecule has 0 bridgehead atoms. The summed E-state index contributed by atoms with van der Waals surface area (Å²) in [7, 11) is 3.36. The van der Waals surface area contributed by atoms with Crippen LogP contribution in [0.2, 0.25) is 0 Å². The summed E-state index contributed by atoms with van der Waals surface area (Å²) in [4.78, 5) is 18.6. The summed E-state index contributed by atoms with van der Waals surface area (Å²) in [6.45, 7) is 3.60. The van der Waals surface area contributed by atoms with E-state index in [0.717, 1.165) is 38.0 Å². The molecule has 0 aromatic heterocycles. The third kappa shape index (κ3) is 6.31. The quantitative estimate of drug-likeness (QED) is 0.392. The van der Waals surface area contributed by atoms with Gasteiger partial charge in [-0.15, -0.1) is 0 Å². The summed E-state index contributed by atoms with van der Waals surface area (Å²) in [5, 5.41) is 6.29. The molecule has 0 atom stereocenters. The van der Waals surface area contributed by atoms with Gasteiger partial charge < -0.3 is 25.0 Å². The first-order valence-electron chi connectivity index (χ1n) is 9.15. The van der Waals surface area contributed by atoms with Gasteiger partial charge >= 0.3 is 0 Å². The minimum absolute atomic E-state index is 0.0583. The fraction of sp³-hybridized carbons (Fsp3) is 0.579. The van der Waals surface area contributed by atoms with Gasteiger partial charge in [0, 0.05) is 39.5 Å². The van der Waals surface area contributed by atoms with Crippen LogP contribution in [0.4, 0.5) is 5.69 Å². The van der Waals surface area contributed by atoms with Crippen molar-refractivity contribution in [2.24, 2.45) is 4.99 Å². The van der Waals surface area contributed by atoms with Crippen LogP contribution < -0.4 is 15.5 Å². The zero-order valence-electron chi connectivity index (χ0n) is 15.8. The average molecular weight is 362 g/mol. The van der Waals surface area contributed by atoms with Crippen molar-refractivity contribution in [1.29, 1.82) is 0 Å². The zero-order chi connectivity index (χ0) is 18.6. The Balaban J connectivity index is 1.71. The molecule has 1 aliphatic rings. The molecule has 7 nitrogen and oxygen atoms in total. The number of aliphatic imine (C=N–C) groups is 1. The van der Waals surface area contributed by atoms with Gasteiger partial charge in [0.25, 0.3) is 0 Å². The molecule has 7 heteroatoms. The smallest absolute Gasteiger partial charge is 0.246 e. The number of amides is 1. The Bertz CT molecular complexity index is 592. The summed E-state index contributed by atoms with van der Waals surface area (Å²) in [5.74, 6) is 0.684. The maximum absolute atomic E-state index is 12.6. The lowest BCUT2D eigenvalue weighted by atomic mass is 10.0. The second kappa shape index (κ2) is 11.5. The summed E-state index contributed by atoms with van der Waals surface area (Å²) in [5.41, 5.74) is 2.27. The Morgan fingerprint density at radius 1 is 1.23 bits per heavy atom. The van der Waals surface area contributed by atoms with E-state index in [9.17, 15) is 4.79 Å². The van der Waals surface area contributed by atoms with E-state index in [1.54, 1.807) is 14.2 Å². The summed E-state index contributed by atoms with van der Waals surface area (Å²) in [6, 6.07) is 8.11. The van der Waals surface area contributed by atoms with Crippen LogP contribution in [-0.4, -0.2) is 65.5 Å². The molecule has 1 aromatic carbocycles. The van der Waals surface area contributed by atoms with Crippen LogP contribution in [-0.2, 0) is 20.7 Å². The maximum Gasteiger partial charge on any atom is 0.246 e. The molecule has 1 amide bonds. The highest BCUT2D eigenvalue weighted by Gasteiger charge is 2.21. The number of ether oxygens (including phenoxy) is 2. The Labute approximate surface area is 155 Å². The van der Waals surface area contributed by atoms with Gasteiger partial charge in [0.2, 0.25) is 5.91 Å². The van der Waals surface area contributed by atoms with Crippen LogP contribution in [0.15, 0.2) is 29.3 Å². The van der Waals surface area contributed by atoms with E-state index in [1.807, 2.05) is 23.1 Å². The predicted octanol–water partition coefficient (Wildman–Crippen LogP) is 1.18. The molecular formula is C19H30N4O3. The number of rotatable bonds is 9. The fourth-order valence-corrected chi connectivity index (χ4v) is 2.89. The highest BCUT2D eigenvalue weighted by Crippen LogP contribution is 2.26.